The molecule has 0 bridgehead atoms. The van der Waals surface area contributed by atoms with Gasteiger partial charge >= 0.3 is 12.0 Å². The van der Waals surface area contributed by atoms with Crippen molar-refractivity contribution in [2.75, 3.05) is 5.32 Å². The lowest BCUT2D eigenvalue weighted by molar-refractivity contribution is -0.123. The zero-order valence-corrected chi connectivity index (χ0v) is 12.1. The van der Waals surface area contributed by atoms with E-state index in [-0.39, 0.29) is 23.2 Å². The summed E-state index contributed by atoms with van der Waals surface area (Å²) < 4.78 is 0. The molecule has 0 fully saturated rings. The maximum atomic E-state index is 11.8. The fraction of sp³-hybridized carbons (Fsp3) is 0.357. The van der Waals surface area contributed by atoms with Crippen LogP contribution in [0.5, 0.6) is 0 Å². The highest BCUT2D eigenvalue weighted by Gasteiger charge is 2.17. The highest BCUT2D eigenvalue weighted by Crippen LogP contribution is 2.14. The van der Waals surface area contributed by atoms with Gasteiger partial charge in [-0.1, -0.05) is 12.1 Å². The van der Waals surface area contributed by atoms with Gasteiger partial charge in [0.25, 0.3) is 0 Å². The van der Waals surface area contributed by atoms with E-state index in [0.717, 1.165) is 0 Å². The van der Waals surface area contributed by atoms with E-state index in [4.69, 9.17) is 5.11 Å². The van der Waals surface area contributed by atoms with Crippen molar-refractivity contribution in [1.82, 2.24) is 10.6 Å². The monoisotopic (exact) mass is 293 g/mol. The van der Waals surface area contributed by atoms with Crippen LogP contribution in [0.2, 0.25) is 0 Å². The lowest BCUT2D eigenvalue weighted by Gasteiger charge is -2.17. The Balaban J connectivity index is 2.66. The number of aromatic carboxylic acids is 1. The summed E-state index contributed by atoms with van der Waals surface area (Å²) in [6.07, 6.45) is 0. The Morgan fingerprint density at radius 3 is 2.24 bits per heavy atom. The van der Waals surface area contributed by atoms with Crippen molar-refractivity contribution < 1.29 is 19.5 Å². The number of hydrogen-bond acceptors (Lipinski definition) is 3. The molecule has 1 rings (SSSR count). The Morgan fingerprint density at radius 1 is 1.05 bits per heavy atom. The molecule has 1 atom stereocenters. The summed E-state index contributed by atoms with van der Waals surface area (Å²) in [5, 5.41) is 16.5. The van der Waals surface area contributed by atoms with Crippen LogP contribution in [-0.4, -0.2) is 35.1 Å². The third-order valence-corrected chi connectivity index (χ3v) is 2.58. The molecule has 0 saturated carbocycles. The smallest absolute Gasteiger partial charge is 0.337 e. The first kappa shape index (κ1) is 16.5. The number of amides is 3. The second-order valence-corrected chi connectivity index (χ2v) is 4.83. The number of nitrogens with one attached hydrogen (secondary N) is 3. The molecule has 0 spiro atoms. The number of carboxylic acids is 1. The van der Waals surface area contributed by atoms with Crippen molar-refractivity contribution >= 4 is 23.6 Å². The molecule has 0 radical (unpaired) electrons. The molecule has 114 valence electrons. The minimum absolute atomic E-state index is 0.0214. The Labute approximate surface area is 122 Å². The van der Waals surface area contributed by atoms with E-state index >= 15 is 0 Å². The van der Waals surface area contributed by atoms with Gasteiger partial charge in [0.15, 0.2) is 0 Å². The number of carboxylic acid groups (broad SMARTS) is 1. The molecule has 1 aromatic rings. The quantitative estimate of drug-likeness (QED) is 0.658. The van der Waals surface area contributed by atoms with Gasteiger partial charge in [0, 0.05) is 6.04 Å². The van der Waals surface area contributed by atoms with E-state index in [9.17, 15) is 14.4 Å². The van der Waals surface area contributed by atoms with Gasteiger partial charge in [0.1, 0.15) is 6.04 Å². The molecule has 21 heavy (non-hydrogen) atoms. The van der Waals surface area contributed by atoms with Gasteiger partial charge in [-0.15, -0.1) is 0 Å². The number of rotatable bonds is 5. The van der Waals surface area contributed by atoms with Crippen LogP contribution in [-0.2, 0) is 4.79 Å². The van der Waals surface area contributed by atoms with E-state index in [1.807, 2.05) is 13.8 Å². The van der Waals surface area contributed by atoms with Crippen LogP contribution in [0, 0.1) is 0 Å². The first-order valence-electron chi connectivity index (χ1n) is 6.51. The lowest BCUT2D eigenvalue weighted by atomic mass is 10.2. The molecule has 3 amide bonds. The first-order chi connectivity index (χ1) is 9.81. The minimum atomic E-state index is -1.14. The van der Waals surface area contributed by atoms with E-state index in [0.29, 0.717) is 0 Å². The summed E-state index contributed by atoms with van der Waals surface area (Å²) in [5.41, 5.74) is 0.144. The van der Waals surface area contributed by atoms with Gasteiger partial charge in [-0.05, 0) is 32.9 Å². The molecular weight excluding hydrogens is 274 g/mol. The molecule has 0 saturated heterocycles. The molecular formula is C14H19N3O4. The Hall–Kier alpha value is -2.57. The predicted molar refractivity (Wildman–Crippen MR) is 78.3 cm³/mol. The molecule has 0 heterocycles. The third-order valence-electron chi connectivity index (χ3n) is 2.58. The van der Waals surface area contributed by atoms with Crippen LogP contribution in [0.3, 0.4) is 0 Å². The first-order valence-corrected chi connectivity index (χ1v) is 6.51. The number of urea groups is 1. The molecule has 0 aliphatic heterocycles. The number of carbonyl (C=O) groups is 3. The average Bonchev–Trinajstić information content (AvgIpc) is 2.37. The number of para-hydroxylation sites is 1. The van der Waals surface area contributed by atoms with Crippen LogP contribution < -0.4 is 16.0 Å². The Kier molecular flexibility index (Phi) is 5.71. The Bertz CT molecular complexity index is 543. The van der Waals surface area contributed by atoms with Crippen molar-refractivity contribution in [2.45, 2.75) is 32.9 Å². The summed E-state index contributed by atoms with van der Waals surface area (Å²) in [6, 6.07) is 4.62. The molecule has 7 heteroatoms. The summed E-state index contributed by atoms with van der Waals surface area (Å²) in [4.78, 5) is 34.5. The molecule has 1 aromatic carbocycles. The summed E-state index contributed by atoms with van der Waals surface area (Å²) in [7, 11) is 0. The fourth-order valence-electron chi connectivity index (χ4n) is 1.61. The second-order valence-electron chi connectivity index (χ2n) is 4.83. The zero-order chi connectivity index (χ0) is 16.0. The normalized spacial score (nSPS) is 11.6. The molecule has 0 aromatic heterocycles. The van der Waals surface area contributed by atoms with E-state index in [1.54, 1.807) is 19.1 Å². The summed E-state index contributed by atoms with van der Waals surface area (Å²) >= 11 is 0. The predicted octanol–water partition coefficient (Wildman–Crippen LogP) is 1.42. The molecule has 0 aliphatic rings. The van der Waals surface area contributed by atoms with Crippen LogP contribution >= 0.6 is 0 Å². The highest BCUT2D eigenvalue weighted by atomic mass is 16.4. The number of carbonyl (C=O) groups excluding carboxylic acids is 2. The Morgan fingerprint density at radius 2 is 1.67 bits per heavy atom. The van der Waals surface area contributed by atoms with Crippen molar-refractivity contribution in [1.29, 1.82) is 0 Å². The maximum absolute atomic E-state index is 11.8. The van der Waals surface area contributed by atoms with Gasteiger partial charge in [-0.3, -0.25) is 4.79 Å². The number of anilines is 1. The highest BCUT2D eigenvalue weighted by molar-refractivity contribution is 6.00. The zero-order valence-electron chi connectivity index (χ0n) is 12.1. The van der Waals surface area contributed by atoms with E-state index in [1.165, 1.54) is 12.1 Å². The van der Waals surface area contributed by atoms with Crippen LogP contribution in [0.4, 0.5) is 10.5 Å². The van der Waals surface area contributed by atoms with Crippen LogP contribution in [0.25, 0.3) is 0 Å². The average molecular weight is 293 g/mol. The van der Waals surface area contributed by atoms with Crippen LogP contribution in [0.15, 0.2) is 24.3 Å². The van der Waals surface area contributed by atoms with Gasteiger partial charge in [-0.25, -0.2) is 9.59 Å². The van der Waals surface area contributed by atoms with Crippen molar-refractivity contribution in [3.05, 3.63) is 29.8 Å². The van der Waals surface area contributed by atoms with E-state index < -0.39 is 18.0 Å². The molecule has 7 nitrogen and oxygen atoms in total. The maximum Gasteiger partial charge on any atom is 0.337 e. The van der Waals surface area contributed by atoms with Gasteiger partial charge in [0.2, 0.25) is 5.91 Å². The third kappa shape index (κ3) is 5.13. The van der Waals surface area contributed by atoms with Crippen molar-refractivity contribution in [2.24, 2.45) is 0 Å². The minimum Gasteiger partial charge on any atom is -0.478 e. The number of benzene rings is 1. The molecule has 1 unspecified atom stereocenters. The standard InChI is InChI=1S/C14H19N3O4/c1-8(2)15-12(18)9(3)16-14(21)17-11-7-5-4-6-10(11)13(19)20/h4-9H,1-3H3,(H,15,18)(H,19,20)(H2,16,17,21). The van der Waals surface area contributed by atoms with Crippen LogP contribution in [0.1, 0.15) is 31.1 Å². The summed E-state index contributed by atoms with van der Waals surface area (Å²) in [5.74, 6) is -1.46. The topological polar surface area (TPSA) is 108 Å². The molecule has 0 aliphatic carbocycles. The van der Waals surface area contributed by atoms with Gasteiger partial charge in [-0.2, -0.15) is 0 Å². The van der Waals surface area contributed by atoms with Crippen molar-refractivity contribution in [3.8, 4) is 0 Å². The SMILES string of the molecule is CC(C)NC(=O)C(C)NC(=O)Nc1ccccc1C(=O)O. The second kappa shape index (κ2) is 7.28. The van der Waals surface area contributed by atoms with Gasteiger partial charge < -0.3 is 21.1 Å². The summed E-state index contributed by atoms with van der Waals surface area (Å²) in [6.45, 7) is 5.17. The number of hydrogen-bond donors (Lipinski definition) is 4. The van der Waals surface area contributed by atoms with Gasteiger partial charge in [0.05, 0.1) is 11.3 Å². The largest absolute Gasteiger partial charge is 0.478 e. The van der Waals surface area contributed by atoms with Crippen molar-refractivity contribution in [3.63, 3.8) is 0 Å². The molecule has 4 N–H and O–H groups in total. The van der Waals surface area contributed by atoms with E-state index in [2.05, 4.69) is 16.0 Å². The lowest BCUT2D eigenvalue weighted by Crippen LogP contribution is -2.48. The fourth-order valence-corrected chi connectivity index (χ4v) is 1.61.